The molecule has 1 aliphatic carbocycles. The summed E-state index contributed by atoms with van der Waals surface area (Å²) in [6.07, 6.45) is 8.50. The van der Waals surface area contributed by atoms with Crippen LogP contribution in [0.5, 0.6) is 0 Å². The molecule has 1 rings (SSSR count). The monoisotopic (exact) mass is 227 g/mol. The van der Waals surface area contributed by atoms with Crippen LogP contribution in [0.4, 0.5) is 0 Å². The van der Waals surface area contributed by atoms with Crippen molar-refractivity contribution >= 4 is 5.97 Å². The molecule has 0 saturated heterocycles. The molecule has 3 heteroatoms. The fourth-order valence-electron chi connectivity index (χ4n) is 2.52. The minimum atomic E-state index is -0.684. The van der Waals surface area contributed by atoms with Crippen LogP contribution in [0.3, 0.4) is 0 Å². The van der Waals surface area contributed by atoms with Gasteiger partial charge in [-0.05, 0) is 25.4 Å². The van der Waals surface area contributed by atoms with E-state index in [1.54, 1.807) is 0 Å². The highest BCUT2D eigenvalue weighted by Crippen LogP contribution is 2.26. The second-order valence-electron chi connectivity index (χ2n) is 4.87. The van der Waals surface area contributed by atoms with E-state index in [1.165, 1.54) is 38.5 Å². The third kappa shape index (κ3) is 5.50. The molecule has 0 aliphatic heterocycles. The summed E-state index contributed by atoms with van der Waals surface area (Å²) in [7, 11) is 0. The SMILES string of the molecule is CCN(CCC(=O)O)CCC1CCCCC1. The fourth-order valence-corrected chi connectivity index (χ4v) is 2.52. The van der Waals surface area contributed by atoms with Crippen molar-refractivity contribution in [1.82, 2.24) is 4.90 Å². The van der Waals surface area contributed by atoms with Crippen LogP contribution in [0, 0.1) is 5.92 Å². The first kappa shape index (κ1) is 13.5. The van der Waals surface area contributed by atoms with Crippen molar-refractivity contribution in [2.75, 3.05) is 19.6 Å². The zero-order valence-corrected chi connectivity index (χ0v) is 10.5. The van der Waals surface area contributed by atoms with Gasteiger partial charge in [-0.1, -0.05) is 39.0 Å². The van der Waals surface area contributed by atoms with Crippen molar-refractivity contribution in [3.63, 3.8) is 0 Å². The topological polar surface area (TPSA) is 40.5 Å². The Balaban J connectivity index is 2.14. The van der Waals surface area contributed by atoms with Gasteiger partial charge in [-0.3, -0.25) is 4.79 Å². The van der Waals surface area contributed by atoms with E-state index in [-0.39, 0.29) is 6.42 Å². The summed E-state index contributed by atoms with van der Waals surface area (Å²) >= 11 is 0. The smallest absolute Gasteiger partial charge is 0.304 e. The molecule has 1 fully saturated rings. The van der Waals surface area contributed by atoms with Crippen LogP contribution in [-0.4, -0.2) is 35.6 Å². The molecular formula is C13H25NO2. The summed E-state index contributed by atoms with van der Waals surface area (Å²) in [5, 5.41) is 8.65. The molecule has 1 N–H and O–H groups in total. The molecule has 0 radical (unpaired) electrons. The predicted molar refractivity (Wildman–Crippen MR) is 65.6 cm³/mol. The lowest BCUT2D eigenvalue weighted by atomic mass is 9.87. The summed E-state index contributed by atoms with van der Waals surface area (Å²) in [4.78, 5) is 12.8. The standard InChI is InChI=1S/C13H25NO2/c1-2-14(11-9-13(15)16)10-8-12-6-4-3-5-7-12/h12H,2-11H2,1H3,(H,15,16). The van der Waals surface area contributed by atoms with Crippen molar-refractivity contribution in [3.05, 3.63) is 0 Å². The van der Waals surface area contributed by atoms with E-state index in [2.05, 4.69) is 11.8 Å². The first-order chi connectivity index (χ1) is 7.72. The Morgan fingerprint density at radius 1 is 1.25 bits per heavy atom. The normalized spacial score (nSPS) is 17.9. The van der Waals surface area contributed by atoms with Crippen LogP contribution >= 0.6 is 0 Å². The van der Waals surface area contributed by atoms with Gasteiger partial charge in [0.2, 0.25) is 0 Å². The molecule has 16 heavy (non-hydrogen) atoms. The number of carboxylic acids is 1. The molecule has 0 spiro atoms. The average Bonchev–Trinajstić information content (AvgIpc) is 2.30. The van der Waals surface area contributed by atoms with Gasteiger partial charge in [-0.15, -0.1) is 0 Å². The highest BCUT2D eigenvalue weighted by Gasteiger charge is 2.14. The van der Waals surface area contributed by atoms with Gasteiger partial charge in [0.25, 0.3) is 0 Å². The second kappa shape index (κ2) is 7.66. The molecule has 0 heterocycles. The van der Waals surface area contributed by atoms with E-state index in [0.717, 1.165) is 19.0 Å². The summed E-state index contributed by atoms with van der Waals surface area (Å²) < 4.78 is 0. The molecule has 0 aromatic carbocycles. The van der Waals surface area contributed by atoms with E-state index in [9.17, 15) is 4.79 Å². The Kier molecular flexibility index (Phi) is 6.46. The van der Waals surface area contributed by atoms with E-state index < -0.39 is 5.97 Å². The Morgan fingerprint density at radius 2 is 1.94 bits per heavy atom. The van der Waals surface area contributed by atoms with Gasteiger partial charge in [0.15, 0.2) is 0 Å². The van der Waals surface area contributed by atoms with E-state index in [4.69, 9.17) is 5.11 Å². The predicted octanol–water partition coefficient (Wildman–Crippen LogP) is 2.75. The quantitative estimate of drug-likeness (QED) is 0.727. The van der Waals surface area contributed by atoms with Gasteiger partial charge in [0, 0.05) is 6.54 Å². The van der Waals surface area contributed by atoms with Gasteiger partial charge < -0.3 is 10.0 Å². The van der Waals surface area contributed by atoms with Gasteiger partial charge in [-0.25, -0.2) is 0 Å². The molecule has 0 unspecified atom stereocenters. The average molecular weight is 227 g/mol. The summed E-state index contributed by atoms with van der Waals surface area (Å²) in [6.45, 7) is 4.87. The molecule has 0 atom stereocenters. The molecule has 0 bridgehead atoms. The zero-order valence-electron chi connectivity index (χ0n) is 10.5. The summed E-state index contributed by atoms with van der Waals surface area (Å²) in [5.41, 5.74) is 0. The number of hydrogen-bond acceptors (Lipinski definition) is 2. The number of carbonyl (C=O) groups is 1. The summed E-state index contributed by atoms with van der Waals surface area (Å²) in [5.74, 6) is 0.212. The number of rotatable bonds is 7. The maximum atomic E-state index is 10.5. The van der Waals surface area contributed by atoms with Crippen LogP contribution in [0.15, 0.2) is 0 Å². The second-order valence-corrected chi connectivity index (χ2v) is 4.87. The van der Waals surface area contributed by atoms with Gasteiger partial charge >= 0.3 is 5.97 Å². The maximum Gasteiger partial charge on any atom is 0.304 e. The molecule has 3 nitrogen and oxygen atoms in total. The Morgan fingerprint density at radius 3 is 2.50 bits per heavy atom. The molecule has 1 aliphatic rings. The van der Waals surface area contributed by atoms with Crippen molar-refractivity contribution in [2.45, 2.75) is 51.9 Å². The third-order valence-electron chi connectivity index (χ3n) is 3.67. The van der Waals surface area contributed by atoms with Gasteiger partial charge in [0.05, 0.1) is 6.42 Å². The molecule has 94 valence electrons. The number of aliphatic carboxylic acids is 1. The van der Waals surface area contributed by atoms with E-state index in [1.807, 2.05) is 0 Å². The lowest BCUT2D eigenvalue weighted by Gasteiger charge is -2.25. The van der Waals surface area contributed by atoms with Crippen molar-refractivity contribution < 1.29 is 9.90 Å². The number of hydrogen-bond donors (Lipinski definition) is 1. The highest BCUT2D eigenvalue weighted by molar-refractivity contribution is 5.66. The molecule has 0 amide bonds. The Bertz CT molecular complexity index is 200. The number of nitrogens with zero attached hydrogens (tertiary/aromatic N) is 1. The van der Waals surface area contributed by atoms with Crippen LogP contribution in [0.2, 0.25) is 0 Å². The minimum absolute atomic E-state index is 0.276. The zero-order chi connectivity index (χ0) is 11.8. The van der Waals surface area contributed by atoms with E-state index >= 15 is 0 Å². The van der Waals surface area contributed by atoms with Gasteiger partial charge in [-0.2, -0.15) is 0 Å². The van der Waals surface area contributed by atoms with Crippen LogP contribution < -0.4 is 0 Å². The molecule has 0 aromatic rings. The Labute approximate surface area is 98.8 Å². The van der Waals surface area contributed by atoms with Crippen molar-refractivity contribution in [3.8, 4) is 0 Å². The molecule has 0 aromatic heterocycles. The van der Waals surface area contributed by atoms with Crippen molar-refractivity contribution in [1.29, 1.82) is 0 Å². The largest absolute Gasteiger partial charge is 0.481 e. The maximum absolute atomic E-state index is 10.5. The van der Waals surface area contributed by atoms with Crippen LogP contribution in [0.25, 0.3) is 0 Å². The fraction of sp³-hybridized carbons (Fsp3) is 0.923. The van der Waals surface area contributed by atoms with E-state index in [0.29, 0.717) is 6.54 Å². The summed E-state index contributed by atoms with van der Waals surface area (Å²) in [6, 6.07) is 0. The van der Waals surface area contributed by atoms with Crippen LogP contribution in [0.1, 0.15) is 51.9 Å². The van der Waals surface area contributed by atoms with Crippen molar-refractivity contribution in [2.24, 2.45) is 5.92 Å². The van der Waals surface area contributed by atoms with Gasteiger partial charge in [0.1, 0.15) is 0 Å². The van der Waals surface area contributed by atoms with Crippen LogP contribution in [-0.2, 0) is 4.79 Å². The first-order valence-corrected chi connectivity index (χ1v) is 6.66. The lowest BCUT2D eigenvalue weighted by molar-refractivity contribution is -0.137. The lowest BCUT2D eigenvalue weighted by Crippen LogP contribution is -2.28. The molecule has 1 saturated carbocycles. The molecular weight excluding hydrogens is 202 g/mol. The minimum Gasteiger partial charge on any atom is -0.481 e. The third-order valence-corrected chi connectivity index (χ3v) is 3.67. The first-order valence-electron chi connectivity index (χ1n) is 6.66. The highest BCUT2D eigenvalue weighted by atomic mass is 16.4. The number of carboxylic acid groups (broad SMARTS) is 1. The Hall–Kier alpha value is -0.570.